The summed E-state index contributed by atoms with van der Waals surface area (Å²) in [5, 5.41) is 0. The number of allylic oxidation sites excluding steroid dienone is 3. The molecule has 0 heterocycles. The molecular weight excluding hydrogens is 256 g/mol. The highest BCUT2D eigenvalue weighted by Crippen LogP contribution is 2.32. The van der Waals surface area contributed by atoms with E-state index in [1.54, 1.807) is 0 Å². The van der Waals surface area contributed by atoms with Gasteiger partial charge >= 0.3 is 11.9 Å². The third-order valence-electron chi connectivity index (χ3n) is 3.62. The predicted octanol–water partition coefficient (Wildman–Crippen LogP) is 3.03. The van der Waals surface area contributed by atoms with Gasteiger partial charge in [0.15, 0.2) is 0 Å². The zero-order valence-corrected chi connectivity index (χ0v) is 12.8. The summed E-state index contributed by atoms with van der Waals surface area (Å²) in [5.74, 6) is -1.62. The Morgan fingerprint density at radius 1 is 1.25 bits per heavy atom. The van der Waals surface area contributed by atoms with Crippen molar-refractivity contribution >= 4 is 11.9 Å². The number of carbonyl (C=O) groups excluding carboxylic acids is 2. The van der Waals surface area contributed by atoms with E-state index in [0.717, 1.165) is 19.3 Å². The number of ether oxygens (including phenoxy) is 2. The van der Waals surface area contributed by atoms with Gasteiger partial charge in [-0.2, -0.15) is 0 Å². The van der Waals surface area contributed by atoms with Crippen LogP contribution in [-0.2, 0) is 19.1 Å². The third kappa shape index (κ3) is 4.51. The first-order chi connectivity index (χ1) is 9.49. The molecule has 112 valence electrons. The maximum Gasteiger partial charge on any atom is 0.313 e. The molecule has 2 atom stereocenters. The van der Waals surface area contributed by atoms with Crippen molar-refractivity contribution in [2.24, 2.45) is 11.8 Å². The fraction of sp³-hybridized carbons (Fsp3) is 0.625. The number of hydrogen-bond acceptors (Lipinski definition) is 4. The van der Waals surface area contributed by atoms with Crippen LogP contribution in [0.25, 0.3) is 0 Å². The third-order valence-corrected chi connectivity index (χ3v) is 3.62. The van der Waals surface area contributed by atoms with E-state index >= 15 is 0 Å². The summed E-state index contributed by atoms with van der Waals surface area (Å²) in [6, 6.07) is 0. The fourth-order valence-electron chi connectivity index (χ4n) is 2.51. The summed E-state index contributed by atoms with van der Waals surface area (Å²) in [5.41, 5.74) is 2.51. The van der Waals surface area contributed by atoms with Gasteiger partial charge in [-0.3, -0.25) is 9.59 Å². The quantitative estimate of drug-likeness (QED) is 0.574. The van der Waals surface area contributed by atoms with Crippen molar-refractivity contribution in [2.75, 3.05) is 14.2 Å². The Hall–Kier alpha value is -1.58. The van der Waals surface area contributed by atoms with E-state index in [9.17, 15) is 9.59 Å². The van der Waals surface area contributed by atoms with E-state index in [-0.39, 0.29) is 11.9 Å². The molecule has 0 aliphatic heterocycles. The molecule has 0 spiro atoms. The molecule has 0 aromatic heterocycles. The largest absolute Gasteiger partial charge is 0.469 e. The van der Waals surface area contributed by atoms with E-state index < -0.39 is 11.8 Å². The molecule has 0 radical (unpaired) electrons. The molecule has 1 aliphatic carbocycles. The van der Waals surface area contributed by atoms with Crippen molar-refractivity contribution in [2.45, 2.75) is 39.5 Å². The first-order valence-electron chi connectivity index (χ1n) is 6.98. The summed E-state index contributed by atoms with van der Waals surface area (Å²) < 4.78 is 9.58. The minimum atomic E-state index is -0.511. The lowest BCUT2D eigenvalue weighted by Crippen LogP contribution is -2.33. The molecule has 1 aliphatic rings. The molecule has 1 rings (SSSR count). The second kappa shape index (κ2) is 7.88. The topological polar surface area (TPSA) is 52.6 Å². The van der Waals surface area contributed by atoms with Crippen LogP contribution in [0, 0.1) is 11.8 Å². The Kier molecular flexibility index (Phi) is 6.49. The maximum atomic E-state index is 11.8. The van der Waals surface area contributed by atoms with Crippen LogP contribution in [0.2, 0.25) is 0 Å². The van der Waals surface area contributed by atoms with Crippen molar-refractivity contribution in [3.8, 4) is 0 Å². The fourth-order valence-corrected chi connectivity index (χ4v) is 2.51. The first-order valence-corrected chi connectivity index (χ1v) is 6.98. The molecule has 0 amide bonds. The zero-order chi connectivity index (χ0) is 15.1. The van der Waals surface area contributed by atoms with E-state index in [1.807, 2.05) is 6.08 Å². The van der Waals surface area contributed by atoms with Gasteiger partial charge in [0.1, 0.15) is 0 Å². The Morgan fingerprint density at radius 3 is 2.45 bits per heavy atom. The number of carbonyl (C=O) groups is 2. The van der Waals surface area contributed by atoms with E-state index in [4.69, 9.17) is 9.47 Å². The monoisotopic (exact) mass is 280 g/mol. The summed E-state index contributed by atoms with van der Waals surface area (Å²) in [7, 11) is 2.70. The van der Waals surface area contributed by atoms with Gasteiger partial charge in [-0.1, -0.05) is 23.3 Å². The van der Waals surface area contributed by atoms with Gasteiger partial charge in [0.05, 0.1) is 26.1 Å². The van der Waals surface area contributed by atoms with Crippen LogP contribution in [-0.4, -0.2) is 26.2 Å². The molecule has 0 unspecified atom stereocenters. The van der Waals surface area contributed by atoms with Gasteiger partial charge in [0, 0.05) is 0 Å². The Labute approximate surface area is 120 Å². The summed E-state index contributed by atoms with van der Waals surface area (Å²) in [6.45, 7) is 4.14. The second-order valence-corrected chi connectivity index (χ2v) is 5.36. The van der Waals surface area contributed by atoms with Gasteiger partial charge in [-0.15, -0.1) is 0 Å². The van der Waals surface area contributed by atoms with Crippen LogP contribution in [0.1, 0.15) is 39.5 Å². The summed E-state index contributed by atoms with van der Waals surface area (Å²) in [4.78, 5) is 23.6. The van der Waals surface area contributed by atoms with Crippen molar-refractivity contribution in [1.82, 2.24) is 0 Å². The Morgan fingerprint density at radius 2 is 1.90 bits per heavy atom. The minimum Gasteiger partial charge on any atom is -0.469 e. The van der Waals surface area contributed by atoms with Gasteiger partial charge in [-0.05, 0) is 39.5 Å². The normalized spacial score (nSPS) is 21.7. The molecule has 0 aromatic rings. The lowest BCUT2D eigenvalue weighted by atomic mass is 9.79. The van der Waals surface area contributed by atoms with Crippen LogP contribution in [0.5, 0.6) is 0 Å². The molecule has 0 saturated carbocycles. The Bertz CT molecular complexity index is 416. The zero-order valence-electron chi connectivity index (χ0n) is 12.8. The van der Waals surface area contributed by atoms with E-state index in [2.05, 4.69) is 19.9 Å². The average Bonchev–Trinajstić information content (AvgIpc) is 2.45. The summed E-state index contributed by atoms with van der Waals surface area (Å²) in [6.07, 6.45) is 7.45. The molecule has 4 nitrogen and oxygen atoms in total. The Balaban J connectivity index is 2.80. The standard InChI is InChI=1S/C16H24O4/c1-11(2)6-5-7-12-8-9-13(15(17)19-3)14(10-12)16(18)20-4/h6,10,13-14H,5,7-9H2,1-4H3/t13-,14+/m0/s1. The van der Waals surface area contributed by atoms with Crippen molar-refractivity contribution in [1.29, 1.82) is 0 Å². The summed E-state index contributed by atoms with van der Waals surface area (Å²) >= 11 is 0. The molecule has 0 saturated heterocycles. The number of hydrogen-bond donors (Lipinski definition) is 0. The SMILES string of the molecule is COC(=O)[C@H]1CCC(CCC=C(C)C)=C[C@H]1C(=O)OC. The smallest absolute Gasteiger partial charge is 0.313 e. The van der Waals surface area contributed by atoms with Crippen molar-refractivity contribution < 1.29 is 19.1 Å². The first kappa shape index (κ1) is 16.5. The highest BCUT2D eigenvalue weighted by molar-refractivity contribution is 5.84. The average molecular weight is 280 g/mol. The maximum absolute atomic E-state index is 11.8. The molecule has 0 N–H and O–H groups in total. The molecule has 4 heteroatoms. The van der Waals surface area contributed by atoms with Crippen LogP contribution in [0.15, 0.2) is 23.3 Å². The van der Waals surface area contributed by atoms with Gasteiger partial charge in [0.25, 0.3) is 0 Å². The minimum absolute atomic E-state index is 0.333. The van der Waals surface area contributed by atoms with E-state index in [0.29, 0.717) is 6.42 Å². The van der Waals surface area contributed by atoms with Gasteiger partial charge < -0.3 is 9.47 Å². The molecule has 0 aromatic carbocycles. The van der Waals surface area contributed by atoms with Gasteiger partial charge in [-0.25, -0.2) is 0 Å². The highest BCUT2D eigenvalue weighted by atomic mass is 16.5. The van der Waals surface area contributed by atoms with Crippen LogP contribution in [0.4, 0.5) is 0 Å². The number of esters is 2. The molecular formula is C16H24O4. The lowest BCUT2D eigenvalue weighted by molar-refractivity contribution is -0.156. The van der Waals surface area contributed by atoms with Crippen molar-refractivity contribution in [3.05, 3.63) is 23.3 Å². The van der Waals surface area contributed by atoms with Crippen LogP contribution < -0.4 is 0 Å². The number of rotatable bonds is 5. The van der Waals surface area contributed by atoms with Crippen molar-refractivity contribution in [3.63, 3.8) is 0 Å². The lowest BCUT2D eigenvalue weighted by Gasteiger charge is -2.26. The number of methoxy groups -OCH3 is 2. The van der Waals surface area contributed by atoms with Crippen LogP contribution in [0.3, 0.4) is 0 Å². The predicted molar refractivity (Wildman–Crippen MR) is 77.0 cm³/mol. The van der Waals surface area contributed by atoms with E-state index in [1.165, 1.54) is 25.4 Å². The van der Waals surface area contributed by atoms with Crippen LogP contribution >= 0.6 is 0 Å². The molecule has 0 bridgehead atoms. The molecule has 0 fully saturated rings. The second-order valence-electron chi connectivity index (χ2n) is 5.36. The molecule has 20 heavy (non-hydrogen) atoms. The van der Waals surface area contributed by atoms with Gasteiger partial charge in [0.2, 0.25) is 0 Å². The highest BCUT2D eigenvalue weighted by Gasteiger charge is 2.36.